The Morgan fingerprint density at radius 3 is 2.52 bits per heavy atom. The smallest absolute Gasteiger partial charge is 0.430 e. The fraction of sp³-hybridized carbons (Fsp3) is 0.308. The Morgan fingerprint density at radius 2 is 2.05 bits per heavy atom. The molecule has 0 saturated carbocycles. The monoisotopic (exact) mass is 324 g/mol. The Kier molecular flexibility index (Phi) is 3.88. The molecule has 3 nitrogen and oxygen atoms in total. The van der Waals surface area contributed by atoms with Gasteiger partial charge >= 0.3 is 12.1 Å². The predicted molar refractivity (Wildman–Crippen MR) is 66.7 cm³/mol. The first-order valence-electron chi connectivity index (χ1n) is 5.86. The van der Waals surface area contributed by atoms with Gasteiger partial charge in [0.15, 0.2) is 5.82 Å². The van der Waals surface area contributed by atoms with Gasteiger partial charge in [-0.3, -0.25) is 0 Å². The molecule has 1 unspecified atom stereocenters. The fourth-order valence-corrected chi connectivity index (χ4v) is 2.39. The highest BCUT2D eigenvalue weighted by Gasteiger charge is 2.50. The van der Waals surface area contributed by atoms with E-state index in [0.717, 1.165) is 12.1 Å². The average molecular weight is 325 g/mol. The molecule has 0 saturated heterocycles. The second-order valence-electron chi connectivity index (χ2n) is 4.32. The van der Waals surface area contributed by atoms with Gasteiger partial charge in [-0.2, -0.15) is 13.2 Å². The van der Waals surface area contributed by atoms with Crippen molar-refractivity contribution < 1.29 is 32.2 Å². The molecule has 1 heterocycles. The Morgan fingerprint density at radius 1 is 1.43 bits per heavy atom. The van der Waals surface area contributed by atoms with Crippen molar-refractivity contribution in [3.8, 4) is 5.75 Å². The van der Waals surface area contributed by atoms with Crippen LogP contribution >= 0.6 is 11.6 Å². The first-order valence-corrected chi connectivity index (χ1v) is 6.24. The van der Waals surface area contributed by atoms with Crippen LogP contribution in [0.25, 0.3) is 5.57 Å². The minimum absolute atomic E-state index is 0.109. The van der Waals surface area contributed by atoms with Crippen LogP contribution in [0.1, 0.15) is 18.9 Å². The van der Waals surface area contributed by atoms with Gasteiger partial charge in [-0.15, -0.1) is 0 Å². The summed E-state index contributed by atoms with van der Waals surface area (Å²) < 4.78 is 57.7. The van der Waals surface area contributed by atoms with Crippen LogP contribution in [0, 0.1) is 5.82 Å². The molecule has 1 aromatic rings. The van der Waals surface area contributed by atoms with E-state index in [0.29, 0.717) is 0 Å². The van der Waals surface area contributed by atoms with Crippen LogP contribution in [0.3, 0.4) is 0 Å². The van der Waals surface area contributed by atoms with E-state index in [2.05, 4.69) is 4.74 Å². The molecule has 21 heavy (non-hydrogen) atoms. The molecule has 2 rings (SSSR count). The molecule has 1 aliphatic heterocycles. The number of ether oxygens (including phenoxy) is 1. The van der Waals surface area contributed by atoms with Crippen LogP contribution in [-0.2, 0) is 4.79 Å². The number of aliphatic carboxylic acids is 1. The van der Waals surface area contributed by atoms with Crippen molar-refractivity contribution in [1.82, 2.24) is 0 Å². The molecule has 1 atom stereocenters. The van der Waals surface area contributed by atoms with Gasteiger partial charge in [0.1, 0.15) is 5.75 Å². The van der Waals surface area contributed by atoms with E-state index in [1.807, 2.05) is 0 Å². The molecule has 0 radical (unpaired) electrons. The van der Waals surface area contributed by atoms with Crippen molar-refractivity contribution in [1.29, 1.82) is 0 Å². The van der Waals surface area contributed by atoms with E-state index in [-0.39, 0.29) is 28.3 Å². The van der Waals surface area contributed by atoms with Crippen LogP contribution in [0.4, 0.5) is 17.6 Å². The lowest BCUT2D eigenvalue weighted by atomic mass is 9.90. The molecule has 1 aliphatic rings. The molecule has 0 amide bonds. The molecule has 0 spiro atoms. The van der Waals surface area contributed by atoms with Crippen molar-refractivity contribution in [2.24, 2.45) is 0 Å². The van der Waals surface area contributed by atoms with Gasteiger partial charge in [-0.25, -0.2) is 9.18 Å². The van der Waals surface area contributed by atoms with Crippen molar-refractivity contribution in [3.05, 3.63) is 34.1 Å². The van der Waals surface area contributed by atoms with Crippen molar-refractivity contribution in [3.63, 3.8) is 0 Å². The minimum Gasteiger partial charge on any atom is -0.478 e. The third-order valence-electron chi connectivity index (χ3n) is 3.07. The lowest BCUT2D eigenvalue weighted by Crippen LogP contribution is -2.41. The Bertz CT molecular complexity index is 637. The summed E-state index contributed by atoms with van der Waals surface area (Å²) in [5, 5.41) is 8.75. The summed E-state index contributed by atoms with van der Waals surface area (Å²) in [6.07, 6.45) is -7.68. The van der Waals surface area contributed by atoms with E-state index in [1.54, 1.807) is 0 Å². The zero-order valence-corrected chi connectivity index (χ0v) is 11.3. The van der Waals surface area contributed by atoms with Crippen LogP contribution < -0.4 is 4.74 Å². The lowest BCUT2D eigenvalue weighted by molar-refractivity contribution is -0.187. The quantitative estimate of drug-likeness (QED) is 0.835. The second-order valence-corrected chi connectivity index (χ2v) is 4.73. The number of allylic oxidation sites excluding steroid dienone is 1. The van der Waals surface area contributed by atoms with E-state index >= 15 is 0 Å². The fourth-order valence-electron chi connectivity index (χ4n) is 2.23. The lowest BCUT2D eigenvalue weighted by Gasteiger charge is -2.30. The van der Waals surface area contributed by atoms with E-state index in [9.17, 15) is 22.4 Å². The van der Waals surface area contributed by atoms with Gasteiger partial charge in [-0.1, -0.05) is 18.5 Å². The van der Waals surface area contributed by atoms with Gasteiger partial charge in [0.2, 0.25) is 6.10 Å². The standard InChI is InChI=1S/C13H9ClF4O3/c1-2-5-8-7(4-3-6(14)10(8)15)21-11(13(16,17)18)9(5)12(19)20/h3-4,11H,2H2,1H3,(H,19,20). The molecular formula is C13H9ClF4O3. The summed E-state index contributed by atoms with van der Waals surface area (Å²) >= 11 is 5.60. The molecule has 1 aromatic carbocycles. The first kappa shape index (κ1) is 15.6. The van der Waals surface area contributed by atoms with Gasteiger partial charge in [-0.05, 0) is 24.1 Å². The van der Waals surface area contributed by atoms with E-state index < -0.39 is 29.6 Å². The number of hydrogen-bond acceptors (Lipinski definition) is 2. The maximum atomic E-state index is 14.1. The normalized spacial score (nSPS) is 18.3. The van der Waals surface area contributed by atoms with Crippen LogP contribution in [0.2, 0.25) is 5.02 Å². The summed E-state index contributed by atoms with van der Waals surface area (Å²) in [5.74, 6) is -3.18. The van der Waals surface area contributed by atoms with Gasteiger partial charge in [0.25, 0.3) is 0 Å². The second kappa shape index (κ2) is 5.22. The topological polar surface area (TPSA) is 46.5 Å². The number of rotatable bonds is 2. The van der Waals surface area contributed by atoms with Gasteiger partial charge in [0.05, 0.1) is 16.2 Å². The van der Waals surface area contributed by atoms with Crippen molar-refractivity contribution >= 4 is 23.1 Å². The number of halogens is 5. The number of hydrogen-bond donors (Lipinski definition) is 1. The van der Waals surface area contributed by atoms with E-state index in [1.165, 1.54) is 6.92 Å². The highest BCUT2D eigenvalue weighted by Crippen LogP contribution is 2.45. The van der Waals surface area contributed by atoms with Crippen LogP contribution in [0.5, 0.6) is 5.75 Å². The largest absolute Gasteiger partial charge is 0.478 e. The summed E-state index contributed by atoms with van der Waals surface area (Å²) in [5.41, 5.74) is -1.62. The first-order chi connectivity index (χ1) is 9.68. The molecule has 0 fully saturated rings. The molecule has 0 aliphatic carbocycles. The summed E-state index contributed by atoms with van der Waals surface area (Å²) in [6.45, 7) is 1.43. The molecule has 0 bridgehead atoms. The summed E-state index contributed by atoms with van der Waals surface area (Å²) in [6, 6.07) is 2.15. The number of carboxylic acid groups (broad SMARTS) is 1. The third kappa shape index (κ3) is 2.57. The molecule has 114 valence electrons. The number of benzene rings is 1. The number of carbonyl (C=O) groups is 1. The highest BCUT2D eigenvalue weighted by atomic mass is 35.5. The number of fused-ring (bicyclic) bond motifs is 1. The van der Waals surface area contributed by atoms with Crippen molar-refractivity contribution in [2.75, 3.05) is 0 Å². The van der Waals surface area contributed by atoms with Gasteiger partial charge in [0, 0.05) is 0 Å². The van der Waals surface area contributed by atoms with Gasteiger partial charge < -0.3 is 9.84 Å². The predicted octanol–water partition coefficient (Wildman–Crippen LogP) is 4.05. The Hall–Kier alpha value is -1.76. The molecule has 1 N–H and O–H groups in total. The van der Waals surface area contributed by atoms with Crippen LogP contribution in [-0.4, -0.2) is 23.4 Å². The average Bonchev–Trinajstić information content (AvgIpc) is 2.39. The number of alkyl halides is 3. The summed E-state index contributed by atoms with van der Waals surface area (Å²) in [7, 11) is 0. The Balaban J connectivity index is 2.79. The third-order valence-corrected chi connectivity index (χ3v) is 3.36. The van der Waals surface area contributed by atoms with E-state index in [4.69, 9.17) is 16.7 Å². The SMILES string of the molecule is CCC1=C(C(=O)O)C(C(F)(F)F)Oc2ccc(Cl)c(F)c21. The molecule has 8 heteroatoms. The summed E-state index contributed by atoms with van der Waals surface area (Å²) in [4.78, 5) is 11.2. The molecule has 0 aromatic heterocycles. The molecular weight excluding hydrogens is 316 g/mol. The highest BCUT2D eigenvalue weighted by molar-refractivity contribution is 6.31. The zero-order valence-electron chi connectivity index (χ0n) is 10.6. The van der Waals surface area contributed by atoms with Crippen molar-refractivity contribution in [2.45, 2.75) is 25.6 Å². The maximum absolute atomic E-state index is 14.1. The number of carboxylic acids is 1. The minimum atomic E-state index is -4.93. The zero-order chi connectivity index (χ0) is 15.9. The Labute approximate surface area is 121 Å². The van der Waals surface area contributed by atoms with Crippen LogP contribution in [0.15, 0.2) is 17.7 Å². The maximum Gasteiger partial charge on any atom is 0.430 e.